The van der Waals surface area contributed by atoms with Crippen LogP contribution in [0.15, 0.2) is 60.7 Å². The van der Waals surface area contributed by atoms with Gasteiger partial charge in [0.25, 0.3) is 5.91 Å². The number of Topliss-reactive ketones (excluding diaryl/α,β-unsaturated/α-hetero) is 1. The molecule has 1 aliphatic carbocycles. The number of imide groups is 1. The van der Waals surface area contributed by atoms with E-state index in [1.165, 1.54) is 5.56 Å². The number of benzene rings is 2. The Morgan fingerprint density at radius 1 is 1.00 bits per heavy atom. The van der Waals surface area contributed by atoms with Gasteiger partial charge in [-0.3, -0.25) is 14.5 Å². The molecule has 3 amide bonds. The van der Waals surface area contributed by atoms with E-state index in [0.717, 1.165) is 59.6 Å². The van der Waals surface area contributed by atoms with Gasteiger partial charge in [-0.15, -0.1) is 0 Å². The highest BCUT2D eigenvalue weighted by atomic mass is 16.2. The SMILES string of the molecule is Cc1cc(C(=O)CN2C(=O)N[C@]3(CCCCc4ccccc43)C2=O)c(C)n1CCc1ccccc1. The van der Waals surface area contributed by atoms with Gasteiger partial charge in [-0.25, -0.2) is 4.79 Å². The van der Waals surface area contributed by atoms with E-state index in [1.54, 1.807) is 0 Å². The molecular weight excluding hydrogens is 438 g/mol. The molecular formula is C29H31N3O3. The van der Waals surface area contributed by atoms with Gasteiger partial charge in [-0.2, -0.15) is 0 Å². The molecule has 6 nitrogen and oxygen atoms in total. The predicted octanol–water partition coefficient (Wildman–Crippen LogP) is 4.70. The van der Waals surface area contributed by atoms with Gasteiger partial charge >= 0.3 is 6.03 Å². The van der Waals surface area contributed by atoms with Crippen LogP contribution in [-0.4, -0.2) is 33.7 Å². The molecule has 1 saturated heterocycles. The number of carbonyl (C=O) groups is 3. The topological polar surface area (TPSA) is 71.4 Å². The van der Waals surface area contributed by atoms with E-state index >= 15 is 0 Å². The lowest BCUT2D eigenvalue weighted by molar-refractivity contribution is -0.131. The number of hydrogen-bond acceptors (Lipinski definition) is 3. The number of amides is 3. The highest BCUT2D eigenvalue weighted by molar-refractivity contribution is 6.11. The Balaban J connectivity index is 1.36. The maximum Gasteiger partial charge on any atom is 0.325 e. The van der Waals surface area contributed by atoms with Gasteiger partial charge in [-0.05, 0) is 68.7 Å². The summed E-state index contributed by atoms with van der Waals surface area (Å²) in [6, 6.07) is 19.5. The number of fused-ring (bicyclic) bond motifs is 2. The molecule has 2 heterocycles. The number of aromatic nitrogens is 1. The number of ketones is 1. The quantitative estimate of drug-likeness (QED) is 0.420. The maximum atomic E-state index is 13.7. The lowest BCUT2D eigenvalue weighted by Crippen LogP contribution is -2.44. The Kier molecular flexibility index (Phi) is 6.05. The molecule has 180 valence electrons. The van der Waals surface area contributed by atoms with E-state index < -0.39 is 11.6 Å². The van der Waals surface area contributed by atoms with Crippen LogP contribution in [0.5, 0.6) is 0 Å². The fourth-order valence-electron chi connectivity index (χ4n) is 5.66. The molecule has 1 aromatic heterocycles. The number of rotatable bonds is 6. The molecule has 0 saturated carbocycles. The van der Waals surface area contributed by atoms with Gasteiger partial charge in [-0.1, -0.05) is 54.6 Å². The van der Waals surface area contributed by atoms with E-state index in [1.807, 2.05) is 62.4 Å². The lowest BCUT2D eigenvalue weighted by Gasteiger charge is -2.27. The molecule has 1 fully saturated rings. The van der Waals surface area contributed by atoms with E-state index in [4.69, 9.17) is 0 Å². The van der Waals surface area contributed by atoms with Gasteiger partial charge in [0.05, 0.1) is 6.54 Å². The highest BCUT2D eigenvalue weighted by Gasteiger charge is 2.53. The molecule has 3 aromatic rings. The first-order chi connectivity index (χ1) is 16.9. The van der Waals surface area contributed by atoms with Gasteiger partial charge in [0.1, 0.15) is 5.54 Å². The minimum atomic E-state index is -1.07. The van der Waals surface area contributed by atoms with Gasteiger partial charge in [0, 0.05) is 23.5 Å². The third-order valence-electron chi connectivity index (χ3n) is 7.54. The second-order valence-corrected chi connectivity index (χ2v) is 9.69. The number of aryl methyl sites for hydroxylation is 3. The van der Waals surface area contributed by atoms with Crippen LogP contribution in [0.4, 0.5) is 4.79 Å². The van der Waals surface area contributed by atoms with Crippen LogP contribution in [-0.2, 0) is 29.7 Å². The van der Waals surface area contributed by atoms with Gasteiger partial charge < -0.3 is 9.88 Å². The molecule has 1 aliphatic heterocycles. The average Bonchev–Trinajstić information content (AvgIpc) is 3.18. The van der Waals surface area contributed by atoms with E-state index in [2.05, 4.69) is 22.0 Å². The van der Waals surface area contributed by atoms with Crippen molar-refractivity contribution in [3.63, 3.8) is 0 Å². The molecule has 0 unspecified atom stereocenters. The summed E-state index contributed by atoms with van der Waals surface area (Å²) in [6.45, 7) is 4.43. The minimum absolute atomic E-state index is 0.216. The van der Waals surface area contributed by atoms with Crippen molar-refractivity contribution in [1.82, 2.24) is 14.8 Å². The molecule has 2 aromatic carbocycles. The summed E-state index contributed by atoms with van der Waals surface area (Å²) in [6.07, 6.45) is 4.10. The second kappa shape index (κ2) is 9.17. The third-order valence-corrected chi connectivity index (χ3v) is 7.54. The summed E-state index contributed by atoms with van der Waals surface area (Å²) in [7, 11) is 0. The highest BCUT2D eigenvalue weighted by Crippen LogP contribution is 2.39. The molecule has 1 spiro atoms. The van der Waals surface area contributed by atoms with Crippen molar-refractivity contribution in [3.05, 3.63) is 94.3 Å². The Hall–Kier alpha value is -3.67. The zero-order valence-corrected chi connectivity index (χ0v) is 20.3. The Morgan fingerprint density at radius 2 is 1.74 bits per heavy atom. The fourth-order valence-corrected chi connectivity index (χ4v) is 5.66. The normalized spacial score (nSPS) is 19.5. The first-order valence-corrected chi connectivity index (χ1v) is 12.4. The number of nitrogens with zero attached hydrogens (tertiary/aromatic N) is 2. The monoisotopic (exact) mass is 469 g/mol. The molecule has 1 atom stereocenters. The largest absolute Gasteiger partial charge is 0.348 e. The molecule has 1 N–H and O–H groups in total. The molecule has 0 bridgehead atoms. The number of hydrogen-bond donors (Lipinski definition) is 1. The minimum Gasteiger partial charge on any atom is -0.348 e. The van der Waals surface area contributed by atoms with Crippen LogP contribution in [0, 0.1) is 13.8 Å². The van der Waals surface area contributed by atoms with Crippen LogP contribution >= 0.6 is 0 Å². The van der Waals surface area contributed by atoms with Crippen molar-refractivity contribution < 1.29 is 14.4 Å². The van der Waals surface area contributed by atoms with Crippen molar-refractivity contribution in [1.29, 1.82) is 0 Å². The summed E-state index contributed by atoms with van der Waals surface area (Å²) < 4.78 is 2.13. The van der Waals surface area contributed by atoms with Crippen LogP contribution in [0.3, 0.4) is 0 Å². The van der Waals surface area contributed by atoms with Crippen LogP contribution in [0.25, 0.3) is 0 Å². The Morgan fingerprint density at radius 3 is 2.54 bits per heavy atom. The Bertz CT molecular complexity index is 1290. The Labute approximate surface area is 205 Å². The number of carbonyl (C=O) groups excluding carboxylic acids is 3. The van der Waals surface area contributed by atoms with E-state index in [-0.39, 0.29) is 18.2 Å². The van der Waals surface area contributed by atoms with Crippen LogP contribution in [0.2, 0.25) is 0 Å². The molecule has 5 rings (SSSR count). The zero-order valence-electron chi connectivity index (χ0n) is 20.3. The number of urea groups is 1. The zero-order chi connectivity index (χ0) is 24.6. The summed E-state index contributed by atoms with van der Waals surface area (Å²) in [4.78, 5) is 41.1. The standard InChI is InChI=1S/C29H31N3O3/c1-20-18-24(21(2)31(20)17-15-22-10-4-3-5-11-22)26(33)19-32-27(34)29(30-28(32)35)16-9-8-13-23-12-6-7-14-25(23)29/h3-7,10-12,14,18H,8-9,13,15-17,19H2,1-2H3,(H,30,35)/t29-/m0/s1. The molecule has 2 aliphatic rings. The predicted molar refractivity (Wildman–Crippen MR) is 134 cm³/mol. The van der Waals surface area contributed by atoms with Gasteiger partial charge in [0.15, 0.2) is 5.78 Å². The van der Waals surface area contributed by atoms with Crippen molar-refractivity contribution in [2.75, 3.05) is 6.54 Å². The van der Waals surface area contributed by atoms with E-state index in [9.17, 15) is 14.4 Å². The fraction of sp³-hybridized carbons (Fsp3) is 0.345. The van der Waals surface area contributed by atoms with Crippen LogP contribution in [0.1, 0.15) is 57.7 Å². The lowest BCUT2D eigenvalue weighted by atomic mass is 9.84. The molecule has 0 radical (unpaired) electrons. The second-order valence-electron chi connectivity index (χ2n) is 9.69. The summed E-state index contributed by atoms with van der Waals surface area (Å²) in [5.74, 6) is -0.533. The van der Waals surface area contributed by atoms with E-state index in [0.29, 0.717) is 12.0 Å². The first kappa shape index (κ1) is 23.1. The van der Waals surface area contributed by atoms with Gasteiger partial charge in [0.2, 0.25) is 0 Å². The van der Waals surface area contributed by atoms with Crippen molar-refractivity contribution >= 4 is 17.7 Å². The first-order valence-electron chi connectivity index (χ1n) is 12.4. The average molecular weight is 470 g/mol. The maximum absolute atomic E-state index is 13.7. The molecule has 6 heteroatoms. The van der Waals surface area contributed by atoms with Crippen LogP contribution < -0.4 is 5.32 Å². The summed E-state index contributed by atoms with van der Waals surface area (Å²) in [5.41, 5.74) is 4.55. The number of nitrogens with one attached hydrogen (secondary N) is 1. The van der Waals surface area contributed by atoms with Crippen molar-refractivity contribution in [3.8, 4) is 0 Å². The third kappa shape index (κ3) is 4.07. The summed E-state index contributed by atoms with van der Waals surface area (Å²) >= 11 is 0. The summed E-state index contributed by atoms with van der Waals surface area (Å²) in [5, 5.41) is 2.97. The molecule has 35 heavy (non-hydrogen) atoms. The smallest absolute Gasteiger partial charge is 0.325 e. The van der Waals surface area contributed by atoms with Crippen molar-refractivity contribution in [2.45, 2.75) is 58.0 Å². The van der Waals surface area contributed by atoms with Crippen molar-refractivity contribution in [2.24, 2.45) is 0 Å².